The molecule has 118 valence electrons. The van der Waals surface area contributed by atoms with Gasteiger partial charge >= 0.3 is 0 Å². The van der Waals surface area contributed by atoms with Crippen LogP contribution in [0, 0.1) is 13.8 Å². The number of hydrogen-bond donors (Lipinski definition) is 1. The van der Waals surface area contributed by atoms with Crippen LogP contribution in [0.5, 0.6) is 11.5 Å². The first kappa shape index (κ1) is 16.2. The molecule has 0 saturated heterocycles. The van der Waals surface area contributed by atoms with E-state index < -0.39 is 0 Å². The predicted octanol–water partition coefficient (Wildman–Crippen LogP) is 4.71. The normalized spacial score (nSPS) is 10.6. The molecule has 2 rings (SSSR count). The summed E-state index contributed by atoms with van der Waals surface area (Å²) in [5.74, 6) is 1.56. The van der Waals surface area contributed by atoms with E-state index in [0.29, 0.717) is 0 Å². The molecule has 3 heteroatoms. The van der Waals surface area contributed by atoms with Gasteiger partial charge in [-0.2, -0.15) is 0 Å². The van der Waals surface area contributed by atoms with Gasteiger partial charge < -0.3 is 14.8 Å². The van der Waals surface area contributed by atoms with E-state index in [0.717, 1.165) is 23.6 Å². The summed E-state index contributed by atoms with van der Waals surface area (Å²) in [5, 5.41) is 3.49. The van der Waals surface area contributed by atoms with Crippen LogP contribution in [0.25, 0.3) is 0 Å². The molecule has 0 spiro atoms. The maximum atomic E-state index is 5.82. The summed E-state index contributed by atoms with van der Waals surface area (Å²) in [7, 11) is 1.66. The Balaban J connectivity index is 2.14. The minimum Gasteiger partial charge on any atom is -0.493 e. The number of nitrogens with one attached hydrogen (secondary N) is 1. The van der Waals surface area contributed by atoms with Gasteiger partial charge in [0.05, 0.1) is 13.2 Å². The quantitative estimate of drug-likeness (QED) is 0.838. The molecule has 0 aromatic heterocycles. The molecule has 2 aromatic rings. The zero-order valence-corrected chi connectivity index (χ0v) is 14.1. The lowest BCUT2D eigenvalue weighted by Gasteiger charge is -2.16. The Labute approximate surface area is 133 Å². The van der Waals surface area contributed by atoms with Crippen molar-refractivity contribution in [1.82, 2.24) is 0 Å². The average molecular weight is 299 g/mol. The van der Waals surface area contributed by atoms with Gasteiger partial charge in [-0.1, -0.05) is 18.2 Å². The molecular weight excluding hydrogens is 274 g/mol. The predicted molar refractivity (Wildman–Crippen MR) is 92.0 cm³/mol. The maximum Gasteiger partial charge on any atom is 0.161 e. The highest BCUT2D eigenvalue weighted by Gasteiger charge is 2.08. The van der Waals surface area contributed by atoms with Crippen LogP contribution >= 0.6 is 0 Å². The van der Waals surface area contributed by atoms with Gasteiger partial charge in [-0.25, -0.2) is 0 Å². The first-order valence-corrected chi connectivity index (χ1v) is 7.65. The zero-order valence-electron chi connectivity index (χ0n) is 14.1. The second-order valence-electron chi connectivity index (χ2n) is 5.75. The van der Waals surface area contributed by atoms with Crippen LogP contribution in [0.3, 0.4) is 0 Å². The minimum atomic E-state index is 0.121. The number of aryl methyl sites for hydroxylation is 1. The second-order valence-corrected chi connectivity index (χ2v) is 5.75. The monoisotopic (exact) mass is 299 g/mol. The van der Waals surface area contributed by atoms with Crippen molar-refractivity contribution >= 4 is 5.69 Å². The van der Waals surface area contributed by atoms with Crippen LogP contribution < -0.4 is 14.8 Å². The highest BCUT2D eigenvalue weighted by atomic mass is 16.5. The van der Waals surface area contributed by atoms with Crippen LogP contribution in [0.15, 0.2) is 36.4 Å². The molecule has 0 unspecified atom stereocenters. The Kier molecular flexibility index (Phi) is 5.31. The summed E-state index contributed by atoms with van der Waals surface area (Å²) in [6.07, 6.45) is 0.121. The zero-order chi connectivity index (χ0) is 16.1. The van der Waals surface area contributed by atoms with Crippen LogP contribution in [0.4, 0.5) is 5.69 Å². The second kappa shape index (κ2) is 7.21. The van der Waals surface area contributed by atoms with Gasteiger partial charge in [0.2, 0.25) is 0 Å². The summed E-state index contributed by atoms with van der Waals surface area (Å²) in [6, 6.07) is 12.4. The standard InChI is InChI=1S/C19H25NO2/c1-13(2)22-19-11-16(9-10-18(19)21-5)12-20-17-8-6-7-14(3)15(17)4/h6-11,13,20H,12H2,1-5H3. The van der Waals surface area contributed by atoms with E-state index >= 15 is 0 Å². The molecule has 22 heavy (non-hydrogen) atoms. The smallest absolute Gasteiger partial charge is 0.161 e. The van der Waals surface area contributed by atoms with Crippen LogP contribution in [0.2, 0.25) is 0 Å². The molecule has 0 heterocycles. The highest BCUT2D eigenvalue weighted by Crippen LogP contribution is 2.29. The van der Waals surface area contributed by atoms with Gasteiger partial charge in [0.25, 0.3) is 0 Å². The maximum absolute atomic E-state index is 5.82. The molecule has 1 N–H and O–H groups in total. The number of benzene rings is 2. The third-order valence-corrected chi connectivity index (χ3v) is 3.68. The van der Waals surface area contributed by atoms with Crippen molar-refractivity contribution in [2.45, 2.75) is 40.3 Å². The number of hydrogen-bond acceptors (Lipinski definition) is 3. The van der Waals surface area contributed by atoms with E-state index in [1.807, 2.05) is 26.0 Å². The third-order valence-electron chi connectivity index (χ3n) is 3.68. The lowest BCUT2D eigenvalue weighted by Crippen LogP contribution is -2.08. The van der Waals surface area contributed by atoms with Crippen molar-refractivity contribution < 1.29 is 9.47 Å². The van der Waals surface area contributed by atoms with Gasteiger partial charge in [0.15, 0.2) is 11.5 Å². The Morgan fingerprint density at radius 2 is 1.82 bits per heavy atom. The van der Waals surface area contributed by atoms with Gasteiger partial charge in [0, 0.05) is 12.2 Å². The van der Waals surface area contributed by atoms with E-state index in [-0.39, 0.29) is 6.10 Å². The Bertz CT molecular complexity index is 635. The summed E-state index contributed by atoms with van der Waals surface area (Å²) < 4.78 is 11.2. The number of rotatable bonds is 6. The van der Waals surface area contributed by atoms with Crippen molar-refractivity contribution in [2.24, 2.45) is 0 Å². The molecule has 0 radical (unpaired) electrons. The lowest BCUT2D eigenvalue weighted by molar-refractivity contribution is 0.230. The third kappa shape index (κ3) is 3.94. The van der Waals surface area contributed by atoms with Crippen LogP contribution in [-0.2, 0) is 6.54 Å². The van der Waals surface area contributed by atoms with Crippen molar-refractivity contribution in [2.75, 3.05) is 12.4 Å². The molecular formula is C19H25NO2. The number of methoxy groups -OCH3 is 1. The molecule has 0 fully saturated rings. The van der Waals surface area contributed by atoms with Gasteiger partial charge in [-0.05, 0) is 62.6 Å². The van der Waals surface area contributed by atoms with Gasteiger partial charge in [-0.3, -0.25) is 0 Å². The average Bonchev–Trinajstić information content (AvgIpc) is 2.48. The largest absolute Gasteiger partial charge is 0.493 e. The summed E-state index contributed by atoms with van der Waals surface area (Å²) >= 11 is 0. The fraction of sp³-hybridized carbons (Fsp3) is 0.368. The first-order valence-electron chi connectivity index (χ1n) is 7.65. The molecule has 2 aromatic carbocycles. The molecule has 0 aliphatic carbocycles. The van der Waals surface area contributed by atoms with Crippen molar-refractivity contribution in [3.63, 3.8) is 0 Å². The Morgan fingerprint density at radius 3 is 2.50 bits per heavy atom. The molecule has 3 nitrogen and oxygen atoms in total. The molecule has 0 aliphatic heterocycles. The van der Waals surface area contributed by atoms with Crippen LogP contribution in [-0.4, -0.2) is 13.2 Å². The SMILES string of the molecule is COc1ccc(CNc2cccc(C)c2C)cc1OC(C)C. The molecule has 0 amide bonds. The topological polar surface area (TPSA) is 30.5 Å². The van der Waals surface area contributed by atoms with Crippen LogP contribution in [0.1, 0.15) is 30.5 Å². The fourth-order valence-electron chi connectivity index (χ4n) is 2.32. The van der Waals surface area contributed by atoms with E-state index in [9.17, 15) is 0 Å². The molecule has 0 atom stereocenters. The Morgan fingerprint density at radius 1 is 1.05 bits per heavy atom. The van der Waals surface area contributed by atoms with Gasteiger partial charge in [0.1, 0.15) is 0 Å². The molecule has 0 bridgehead atoms. The minimum absolute atomic E-state index is 0.121. The van der Waals surface area contributed by atoms with E-state index in [1.54, 1.807) is 7.11 Å². The first-order chi connectivity index (χ1) is 10.5. The van der Waals surface area contributed by atoms with Crippen molar-refractivity contribution in [1.29, 1.82) is 0 Å². The van der Waals surface area contributed by atoms with Crippen molar-refractivity contribution in [3.8, 4) is 11.5 Å². The molecule has 0 saturated carbocycles. The van der Waals surface area contributed by atoms with Gasteiger partial charge in [-0.15, -0.1) is 0 Å². The van der Waals surface area contributed by atoms with E-state index in [2.05, 4.69) is 43.4 Å². The number of ether oxygens (including phenoxy) is 2. The summed E-state index contributed by atoms with van der Waals surface area (Å²) in [6.45, 7) is 9.05. The van der Waals surface area contributed by atoms with E-state index in [4.69, 9.17) is 9.47 Å². The number of anilines is 1. The van der Waals surface area contributed by atoms with E-state index in [1.165, 1.54) is 16.8 Å². The highest BCUT2D eigenvalue weighted by molar-refractivity contribution is 5.54. The Hall–Kier alpha value is -2.16. The lowest BCUT2D eigenvalue weighted by atomic mass is 10.1. The molecule has 0 aliphatic rings. The summed E-state index contributed by atoms with van der Waals surface area (Å²) in [4.78, 5) is 0. The fourth-order valence-corrected chi connectivity index (χ4v) is 2.32. The van der Waals surface area contributed by atoms with Crippen molar-refractivity contribution in [3.05, 3.63) is 53.1 Å². The summed E-state index contributed by atoms with van der Waals surface area (Å²) in [5.41, 5.74) is 4.91.